The van der Waals surface area contributed by atoms with Gasteiger partial charge in [0.15, 0.2) is 0 Å². The lowest BCUT2D eigenvalue weighted by molar-refractivity contribution is 0.633. The number of hydrogen-bond donors (Lipinski definition) is 0. The Labute approximate surface area is 69.7 Å². The third-order valence-electron chi connectivity index (χ3n) is 3.19. The van der Waals surface area contributed by atoms with Crippen molar-refractivity contribution < 1.29 is 0 Å². The number of hydrogen-bond acceptors (Lipinski definition) is 0. The third-order valence-corrected chi connectivity index (χ3v) is 3.19. The van der Waals surface area contributed by atoms with E-state index in [1.54, 1.807) is 5.57 Å². The summed E-state index contributed by atoms with van der Waals surface area (Å²) >= 11 is 0. The molecule has 1 fully saturated rings. The zero-order valence-electron chi connectivity index (χ0n) is 7.64. The maximum atomic E-state index is 2.57. The highest BCUT2D eigenvalue weighted by Crippen LogP contribution is 2.47. The first kappa shape index (κ1) is 7.39. The lowest BCUT2D eigenvalue weighted by atomic mass is 9.98. The monoisotopic (exact) mass is 150 g/mol. The van der Waals surface area contributed by atoms with E-state index in [2.05, 4.69) is 19.9 Å². The van der Waals surface area contributed by atoms with Gasteiger partial charge in [0.2, 0.25) is 0 Å². The molecule has 2 aliphatic carbocycles. The molecule has 0 heterocycles. The van der Waals surface area contributed by atoms with Crippen LogP contribution in [0.15, 0.2) is 11.6 Å². The van der Waals surface area contributed by atoms with Crippen molar-refractivity contribution in [2.75, 3.05) is 0 Å². The molecule has 0 amide bonds. The van der Waals surface area contributed by atoms with Crippen molar-refractivity contribution in [1.82, 2.24) is 0 Å². The van der Waals surface area contributed by atoms with Crippen LogP contribution in [0.2, 0.25) is 0 Å². The van der Waals surface area contributed by atoms with Crippen molar-refractivity contribution in [2.24, 2.45) is 17.8 Å². The Morgan fingerprint density at radius 3 is 3.00 bits per heavy atom. The summed E-state index contributed by atoms with van der Waals surface area (Å²) in [5.74, 6) is 2.88. The lowest BCUT2D eigenvalue weighted by Gasteiger charge is -2.08. The van der Waals surface area contributed by atoms with Crippen LogP contribution >= 0.6 is 0 Å². The van der Waals surface area contributed by atoms with Crippen molar-refractivity contribution in [3.05, 3.63) is 11.6 Å². The molecule has 0 aromatic carbocycles. The molecule has 0 bridgehead atoms. The fourth-order valence-electron chi connectivity index (χ4n) is 2.21. The van der Waals surface area contributed by atoms with Crippen LogP contribution in [-0.2, 0) is 0 Å². The Bertz CT molecular complexity index is 176. The quantitative estimate of drug-likeness (QED) is 0.503. The molecule has 0 N–H and O–H groups in total. The van der Waals surface area contributed by atoms with Gasteiger partial charge in [0.25, 0.3) is 0 Å². The molecule has 0 radical (unpaired) electrons. The predicted octanol–water partition coefficient (Wildman–Crippen LogP) is 3.39. The molecule has 0 saturated heterocycles. The lowest BCUT2D eigenvalue weighted by Crippen LogP contribution is -1.93. The molecule has 0 heteroatoms. The van der Waals surface area contributed by atoms with Gasteiger partial charge in [0.1, 0.15) is 0 Å². The van der Waals surface area contributed by atoms with Gasteiger partial charge in [0, 0.05) is 0 Å². The second-order valence-corrected chi connectivity index (χ2v) is 4.45. The van der Waals surface area contributed by atoms with Crippen molar-refractivity contribution in [3.63, 3.8) is 0 Å². The van der Waals surface area contributed by atoms with Crippen LogP contribution in [0.3, 0.4) is 0 Å². The first-order chi connectivity index (χ1) is 5.27. The summed E-state index contributed by atoms with van der Waals surface area (Å²) < 4.78 is 0. The van der Waals surface area contributed by atoms with Crippen molar-refractivity contribution in [1.29, 1.82) is 0 Å². The van der Waals surface area contributed by atoms with Gasteiger partial charge in [-0.1, -0.05) is 25.5 Å². The molecule has 0 spiro atoms. The molecule has 2 aliphatic rings. The minimum Gasteiger partial charge on any atom is -0.0817 e. The van der Waals surface area contributed by atoms with E-state index >= 15 is 0 Å². The minimum atomic E-state index is 0.800. The van der Waals surface area contributed by atoms with E-state index < -0.39 is 0 Å². The van der Waals surface area contributed by atoms with Crippen LogP contribution in [0, 0.1) is 17.8 Å². The Hall–Kier alpha value is -0.260. The third kappa shape index (κ3) is 1.50. The van der Waals surface area contributed by atoms with E-state index in [-0.39, 0.29) is 0 Å². The highest BCUT2D eigenvalue weighted by molar-refractivity contribution is 5.15. The number of allylic oxidation sites excluding steroid dienone is 2. The molecule has 2 unspecified atom stereocenters. The van der Waals surface area contributed by atoms with Crippen LogP contribution in [0.1, 0.15) is 39.5 Å². The SMILES string of the molecule is CC(C)C1=CC2CC2CCC1. The molecule has 11 heavy (non-hydrogen) atoms. The summed E-state index contributed by atoms with van der Waals surface area (Å²) in [5, 5.41) is 0. The minimum absolute atomic E-state index is 0.800. The average molecular weight is 150 g/mol. The Kier molecular flexibility index (Phi) is 1.78. The zero-order chi connectivity index (χ0) is 7.84. The predicted molar refractivity (Wildman–Crippen MR) is 48.4 cm³/mol. The molecular formula is C11H18. The number of fused-ring (bicyclic) bond motifs is 1. The maximum Gasteiger partial charge on any atom is -0.0199 e. The fraction of sp³-hybridized carbons (Fsp3) is 0.818. The number of rotatable bonds is 1. The summed E-state index contributed by atoms with van der Waals surface area (Å²) in [6, 6.07) is 0. The highest BCUT2D eigenvalue weighted by Gasteiger charge is 2.36. The van der Waals surface area contributed by atoms with Gasteiger partial charge in [-0.25, -0.2) is 0 Å². The van der Waals surface area contributed by atoms with E-state index in [9.17, 15) is 0 Å². The van der Waals surface area contributed by atoms with E-state index in [1.807, 2.05) is 0 Å². The van der Waals surface area contributed by atoms with Gasteiger partial charge in [-0.15, -0.1) is 0 Å². The Morgan fingerprint density at radius 2 is 2.27 bits per heavy atom. The van der Waals surface area contributed by atoms with Crippen molar-refractivity contribution in [3.8, 4) is 0 Å². The smallest absolute Gasteiger partial charge is 0.0199 e. The summed E-state index contributed by atoms with van der Waals surface area (Å²) in [5.41, 5.74) is 1.73. The van der Waals surface area contributed by atoms with Crippen molar-refractivity contribution >= 4 is 0 Å². The highest BCUT2D eigenvalue weighted by atomic mass is 14.4. The fourth-order valence-corrected chi connectivity index (χ4v) is 2.21. The van der Waals surface area contributed by atoms with Gasteiger partial charge in [0.05, 0.1) is 0 Å². The molecule has 0 aromatic rings. The second-order valence-electron chi connectivity index (χ2n) is 4.45. The van der Waals surface area contributed by atoms with Crippen LogP contribution in [0.5, 0.6) is 0 Å². The average Bonchev–Trinajstić information content (AvgIpc) is 2.59. The van der Waals surface area contributed by atoms with E-state index in [4.69, 9.17) is 0 Å². The summed E-state index contributed by atoms with van der Waals surface area (Å²) in [7, 11) is 0. The van der Waals surface area contributed by atoms with Crippen LogP contribution in [0.25, 0.3) is 0 Å². The van der Waals surface area contributed by atoms with Gasteiger partial charge in [-0.3, -0.25) is 0 Å². The van der Waals surface area contributed by atoms with Crippen molar-refractivity contribution in [2.45, 2.75) is 39.5 Å². The zero-order valence-corrected chi connectivity index (χ0v) is 7.64. The molecule has 2 atom stereocenters. The van der Waals surface area contributed by atoms with E-state index in [1.165, 1.54) is 25.7 Å². The molecular weight excluding hydrogens is 132 g/mol. The van der Waals surface area contributed by atoms with Gasteiger partial charge in [-0.05, 0) is 43.4 Å². The standard InChI is InChI=1S/C11H18/c1-8(2)9-4-3-5-10-7-11(10)6-9/h6,8,10-11H,3-5,7H2,1-2H3. The van der Waals surface area contributed by atoms with Gasteiger partial charge >= 0.3 is 0 Å². The molecule has 0 aliphatic heterocycles. The summed E-state index contributed by atoms with van der Waals surface area (Å²) in [4.78, 5) is 0. The Morgan fingerprint density at radius 1 is 1.45 bits per heavy atom. The van der Waals surface area contributed by atoms with Crippen LogP contribution < -0.4 is 0 Å². The van der Waals surface area contributed by atoms with Crippen LogP contribution in [0.4, 0.5) is 0 Å². The summed E-state index contributed by atoms with van der Waals surface area (Å²) in [6.07, 6.45) is 8.39. The summed E-state index contributed by atoms with van der Waals surface area (Å²) in [6.45, 7) is 4.66. The van der Waals surface area contributed by atoms with Gasteiger partial charge < -0.3 is 0 Å². The first-order valence-electron chi connectivity index (χ1n) is 4.98. The largest absolute Gasteiger partial charge is 0.0817 e. The molecule has 0 nitrogen and oxygen atoms in total. The Balaban J connectivity index is 2.06. The molecule has 62 valence electrons. The van der Waals surface area contributed by atoms with E-state index in [0.717, 1.165) is 17.8 Å². The maximum absolute atomic E-state index is 2.57. The van der Waals surface area contributed by atoms with Crippen LogP contribution in [-0.4, -0.2) is 0 Å². The molecule has 2 rings (SSSR count). The molecule has 0 aromatic heterocycles. The van der Waals surface area contributed by atoms with Gasteiger partial charge in [-0.2, -0.15) is 0 Å². The normalized spacial score (nSPS) is 36.1. The second kappa shape index (κ2) is 2.66. The molecule has 1 saturated carbocycles. The topological polar surface area (TPSA) is 0 Å². The first-order valence-corrected chi connectivity index (χ1v) is 4.98. The van der Waals surface area contributed by atoms with E-state index in [0.29, 0.717) is 0 Å².